The Kier molecular flexibility index (Phi) is 2.37. The zero-order valence-electron chi connectivity index (χ0n) is 7.44. The average Bonchev–Trinajstić information content (AvgIpc) is 2.65. The molecule has 0 saturated carbocycles. The second-order valence-corrected chi connectivity index (χ2v) is 2.96. The Morgan fingerprint density at radius 3 is 2.57 bits per heavy atom. The molecule has 5 heteroatoms. The van der Waals surface area contributed by atoms with Crippen LogP contribution in [-0.4, -0.2) is 22.1 Å². The van der Waals surface area contributed by atoms with Crippen LogP contribution in [0.4, 0.5) is 0 Å². The molecule has 0 aliphatic carbocycles. The topological polar surface area (TPSA) is 39.9 Å². The maximum absolute atomic E-state index is 5.80. The maximum atomic E-state index is 5.80. The first-order valence-electron chi connectivity index (χ1n) is 3.94. The molecule has 0 aliphatic rings. The number of aromatic nitrogens is 3. The summed E-state index contributed by atoms with van der Waals surface area (Å²) in [6.07, 6.45) is 2.53. The van der Waals surface area contributed by atoms with Crippen molar-refractivity contribution in [3.63, 3.8) is 0 Å². The van der Waals surface area contributed by atoms with Gasteiger partial charge in [0.15, 0.2) is 11.3 Å². The van der Waals surface area contributed by atoms with Gasteiger partial charge in [0.05, 0.1) is 12.8 Å². The van der Waals surface area contributed by atoms with Gasteiger partial charge in [-0.15, -0.1) is 5.10 Å². The van der Waals surface area contributed by atoms with E-state index >= 15 is 0 Å². The minimum absolute atomic E-state index is 0.357. The molecule has 0 fully saturated rings. The summed E-state index contributed by atoms with van der Waals surface area (Å²) in [6.45, 7) is 0. The van der Waals surface area contributed by atoms with Crippen molar-refractivity contribution >= 4 is 11.6 Å². The van der Waals surface area contributed by atoms with Crippen LogP contribution in [0.5, 0.6) is 5.75 Å². The molecule has 0 bridgehead atoms. The van der Waals surface area contributed by atoms with Crippen molar-refractivity contribution in [1.82, 2.24) is 15.0 Å². The molecule has 1 heterocycles. The lowest BCUT2D eigenvalue weighted by atomic mass is 10.3. The molecular formula is C9H7ClN3O. The third-order valence-corrected chi connectivity index (χ3v) is 2.02. The first kappa shape index (κ1) is 9.02. The van der Waals surface area contributed by atoms with E-state index in [1.807, 2.05) is 24.3 Å². The summed E-state index contributed by atoms with van der Waals surface area (Å²) < 4.78 is 6.52. The van der Waals surface area contributed by atoms with Crippen LogP contribution >= 0.6 is 11.6 Å². The van der Waals surface area contributed by atoms with E-state index in [2.05, 4.69) is 16.5 Å². The minimum atomic E-state index is 0.357. The highest BCUT2D eigenvalue weighted by Crippen LogP contribution is 2.16. The number of halogens is 1. The van der Waals surface area contributed by atoms with Crippen LogP contribution in [0.3, 0.4) is 0 Å². The summed E-state index contributed by atoms with van der Waals surface area (Å²) in [4.78, 5) is 0. The van der Waals surface area contributed by atoms with E-state index in [-0.39, 0.29) is 0 Å². The van der Waals surface area contributed by atoms with Gasteiger partial charge in [0.1, 0.15) is 5.75 Å². The van der Waals surface area contributed by atoms with E-state index < -0.39 is 0 Å². The van der Waals surface area contributed by atoms with Crippen molar-refractivity contribution in [2.75, 3.05) is 7.11 Å². The number of rotatable bonds is 2. The Morgan fingerprint density at radius 1 is 1.36 bits per heavy atom. The molecule has 0 N–H and O–H groups in total. The Morgan fingerprint density at radius 2 is 2.07 bits per heavy atom. The second kappa shape index (κ2) is 3.67. The summed E-state index contributed by atoms with van der Waals surface area (Å²) in [5, 5.41) is 7.70. The smallest absolute Gasteiger partial charge is 0.162 e. The molecule has 71 valence electrons. The third kappa shape index (κ3) is 1.56. The monoisotopic (exact) mass is 208 g/mol. The number of methoxy groups -OCH3 is 1. The summed E-state index contributed by atoms with van der Waals surface area (Å²) in [5.74, 6) is 0.786. The van der Waals surface area contributed by atoms with Gasteiger partial charge in [-0.1, -0.05) is 16.8 Å². The lowest BCUT2D eigenvalue weighted by Crippen LogP contribution is -1.96. The van der Waals surface area contributed by atoms with E-state index in [1.54, 1.807) is 7.11 Å². The Balaban J connectivity index is 2.39. The first-order chi connectivity index (χ1) is 6.81. The van der Waals surface area contributed by atoms with Crippen molar-refractivity contribution < 1.29 is 4.74 Å². The standard InChI is InChI=1S/C9H7ClN3O/c1-14-8-4-2-7(3-5-8)13-9(10)6-11-12-13/h2-5H,1H3. The summed E-state index contributed by atoms with van der Waals surface area (Å²) in [6, 6.07) is 7.33. The molecule has 0 aliphatic heterocycles. The highest BCUT2D eigenvalue weighted by molar-refractivity contribution is 6.29. The predicted octanol–water partition coefficient (Wildman–Crippen LogP) is 1.73. The summed E-state index contributed by atoms with van der Waals surface area (Å²) >= 11 is 5.80. The van der Waals surface area contributed by atoms with Gasteiger partial charge in [0, 0.05) is 0 Å². The van der Waals surface area contributed by atoms with E-state index in [0.717, 1.165) is 11.4 Å². The molecular weight excluding hydrogens is 202 g/mol. The second-order valence-electron chi connectivity index (χ2n) is 2.60. The van der Waals surface area contributed by atoms with E-state index in [4.69, 9.17) is 16.3 Å². The molecule has 2 rings (SSSR count). The Hall–Kier alpha value is -1.55. The van der Waals surface area contributed by atoms with Crippen molar-refractivity contribution in [2.45, 2.75) is 0 Å². The van der Waals surface area contributed by atoms with Crippen molar-refractivity contribution in [3.05, 3.63) is 35.6 Å². The molecule has 1 aromatic carbocycles. The van der Waals surface area contributed by atoms with Crippen molar-refractivity contribution in [3.8, 4) is 11.4 Å². The van der Waals surface area contributed by atoms with Gasteiger partial charge in [0.25, 0.3) is 0 Å². The zero-order valence-corrected chi connectivity index (χ0v) is 8.19. The molecule has 0 amide bonds. The van der Waals surface area contributed by atoms with Gasteiger partial charge < -0.3 is 4.74 Å². The number of benzene rings is 1. The fourth-order valence-corrected chi connectivity index (χ4v) is 1.25. The molecule has 0 atom stereocenters. The molecule has 0 spiro atoms. The summed E-state index contributed by atoms with van der Waals surface area (Å²) in [7, 11) is 1.62. The van der Waals surface area contributed by atoms with Gasteiger partial charge in [-0.3, -0.25) is 0 Å². The van der Waals surface area contributed by atoms with Gasteiger partial charge >= 0.3 is 0 Å². The SMILES string of the molecule is COc1ccc(-n2nn[c]c2Cl)cc1. The van der Waals surface area contributed by atoms with Gasteiger partial charge in [-0.05, 0) is 24.3 Å². The number of ether oxygens (including phenoxy) is 1. The highest BCUT2D eigenvalue weighted by atomic mass is 35.5. The van der Waals surface area contributed by atoms with Crippen LogP contribution in [-0.2, 0) is 0 Å². The molecule has 14 heavy (non-hydrogen) atoms. The maximum Gasteiger partial charge on any atom is 0.162 e. The average molecular weight is 209 g/mol. The highest BCUT2D eigenvalue weighted by Gasteiger charge is 2.03. The molecule has 0 unspecified atom stereocenters. The van der Waals surface area contributed by atoms with Crippen LogP contribution in [0, 0.1) is 6.20 Å². The van der Waals surface area contributed by atoms with Gasteiger partial charge in [0.2, 0.25) is 0 Å². The number of hydrogen-bond acceptors (Lipinski definition) is 3. The quantitative estimate of drug-likeness (QED) is 0.755. The van der Waals surface area contributed by atoms with Crippen LogP contribution in [0.2, 0.25) is 5.15 Å². The fraction of sp³-hybridized carbons (Fsp3) is 0.111. The lowest BCUT2D eigenvalue weighted by molar-refractivity contribution is 0.414. The molecule has 2 aromatic rings. The van der Waals surface area contributed by atoms with E-state index in [1.165, 1.54) is 4.68 Å². The van der Waals surface area contributed by atoms with Crippen LogP contribution < -0.4 is 4.74 Å². The Bertz CT molecular complexity index is 424. The fourth-order valence-electron chi connectivity index (χ4n) is 1.08. The van der Waals surface area contributed by atoms with Crippen molar-refractivity contribution in [1.29, 1.82) is 0 Å². The summed E-state index contributed by atoms with van der Waals surface area (Å²) in [5.41, 5.74) is 0.824. The normalized spacial score (nSPS) is 10.1. The zero-order chi connectivity index (χ0) is 9.97. The van der Waals surface area contributed by atoms with Crippen molar-refractivity contribution in [2.24, 2.45) is 0 Å². The minimum Gasteiger partial charge on any atom is -0.497 e. The largest absolute Gasteiger partial charge is 0.497 e. The Labute approximate surface area is 86.1 Å². The third-order valence-electron chi connectivity index (χ3n) is 1.78. The van der Waals surface area contributed by atoms with Gasteiger partial charge in [-0.2, -0.15) is 0 Å². The van der Waals surface area contributed by atoms with Crippen LogP contribution in [0.1, 0.15) is 0 Å². The van der Waals surface area contributed by atoms with Gasteiger partial charge in [-0.25, -0.2) is 4.68 Å². The first-order valence-corrected chi connectivity index (χ1v) is 4.32. The van der Waals surface area contributed by atoms with E-state index in [9.17, 15) is 0 Å². The number of nitrogens with zero attached hydrogens (tertiary/aromatic N) is 3. The van der Waals surface area contributed by atoms with E-state index in [0.29, 0.717) is 5.15 Å². The molecule has 0 saturated heterocycles. The molecule has 4 nitrogen and oxygen atoms in total. The lowest BCUT2D eigenvalue weighted by Gasteiger charge is -2.02. The predicted molar refractivity (Wildman–Crippen MR) is 51.8 cm³/mol. The van der Waals surface area contributed by atoms with Crippen LogP contribution in [0.15, 0.2) is 24.3 Å². The van der Waals surface area contributed by atoms with Crippen LogP contribution in [0.25, 0.3) is 5.69 Å². The number of hydrogen-bond donors (Lipinski definition) is 0. The molecule has 1 aromatic heterocycles. The molecule has 1 radical (unpaired) electrons.